The average molecular weight is 1270 g/mol. The summed E-state index contributed by atoms with van der Waals surface area (Å²) < 4.78 is 230. The molecule has 2 amide bonds. The maximum absolute atomic E-state index is 14.3. The molecule has 2 N–H and O–H groups in total. The summed E-state index contributed by atoms with van der Waals surface area (Å²) >= 11 is 0. The Bertz CT molecular complexity index is 2660. The number of nitrogens with zero attached hydrogens (tertiary/aromatic N) is 1. The third-order valence-electron chi connectivity index (χ3n) is 11.5. The molecule has 0 unspecified atom stereocenters. The molecule has 9 atom stereocenters. The van der Waals surface area contributed by atoms with Gasteiger partial charge in [-0.05, 0) is 17.7 Å². The molecule has 0 saturated carbocycles. The Hall–Kier alpha value is -7.60. The number of alkyl halides is 13. The number of nitrogens with one attached hydrogen (secondary N) is 2. The predicted octanol–water partition coefficient (Wildman–Crippen LogP) is 4.47. The van der Waals surface area contributed by atoms with Crippen LogP contribution in [0.15, 0.2) is 24.3 Å². The van der Waals surface area contributed by atoms with E-state index < -0.39 is 195 Å². The van der Waals surface area contributed by atoms with Crippen LogP contribution in [0.5, 0.6) is 0 Å². The molecule has 1 aliphatic rings. The minimum Gasteiger partial charge on any atom is -0.623 e. The molecule has 0 radical (unpaired) electrons. The fourth-order valence-electron chi connectivity index (χ4n) is 7.41. The van der Waals surface area contributed by atoms with E-state index >= 15 is 0 Å². The van der Waals surface area contributed by atoms with Crippen LogP contribution in [0.3, 0.4) is 0 Å². The van der Waals surface area contributed by atoms with Gasteiger partial charge in [0.1, 0.15) is 25.4 Å². The Kier molecular flexibility index (Phi) is 25.7. The molecule has 486 valence electrons. The molecule has 86 heavy (non-hydrogen) atoms. The molecule has 37 heteroatoms. The molecule has 1 aliphatic heterocycles. The van der Waals surface area contributed by atoms with Crippen molar-refractivity contribution in [3.63, 3.8) is 0 Å². The van der Waals surface area contributed by atoms with Crippen LogP contribution in [0.25, 0.3) is 0 Å². The van der Waals surface area contributed by atoms with Gasteiger partial charge in [-0.2, -0.15) is 57.1 Å². The fourth-order valence-corrected chi connectivity index (χ4v) is 7.41. The Balaban J connectivity index is 2.55. The van der Waals surface area contributed by atoms with Crippen molar-refractivity contribution in [1.82, 2.24) is 10.6 Å². The maximum atomic E-state index is 14.3. The van der Waals surface area contributed by atoms with Crippen molar-refractivity contribution in [3.8, 4) is 0 Å². The van der Waals surface area contributed by atoms with Crippen LogP contribution in [-0.2, 0) is 102 Å². The molecule has 1 saturated heterocycles. The Morgan fingerprint density at radius 2 is 1.08 bits per heavy atom. The lowest BCUT2D eigenvalue weighted by atomic mass is 9.92. The van der Waals surface area contributed by atoms with Gasteiger partial charge in [-0.1, -0.05) is 12.1 Å². The van der Waals surface area contributed by atoms with Crippen LogP contribution >= 0.6 is 0 Å². The number of carbonyl (C=O) groups is 10. The number of carbonyl (C=O) groups excluding carboxylic acids is 10. The van der Waals surface area contributed by atoms with Crippen molar-refractivity contribution in [3.05, 3.63) is 40.6 Å². The summed E-state index contributed by atoms with van der Waals surface area (Å²) in [6.45, 7) is 5.81. The smallest absolute Gasteiger partial charge is 0.460 e. The van der Waals surface area contributed by atoms with Gasteiger partial charge in [-0.3, -0.25) is 47.9 Å². The van der Waals surface area contributed by atoms with Gasteiger partial charge in [-0.25, -0.2) is 4.74 Å². The van der Waals surface area contributed by atoms with Crippen LogP contribution in [0.2, 0.25) is 0 Å². The fraction of sp³-hybridized carbons (Fsp3) is 0.653. The molecular weight excluding hydrogens is 1210 g/mol. The maximum Gasteiger partial charge on any atom is 0.460 e. The first kappa shape index (κ1) is 74.5. The number of hydroxylamine groups is 1. The molecular formula is C49H58F13N3O21. The highest BCUT2D eigenvalue weighted by Gasteiger charge is 2.90. The quantitative estimate of drug-likeness (QED) is 0.0212. The Morgan fingerprint density at radius 3 is 1.56 bits per heavy atom. The van der Waals surface area contributed by atoms with Gasteiger partial charge in [0.15, 0.2) is 48.6 Å². The lowest BCUT2D eigenvalue weighted by Crippen LogP contribution is -2.70. The van der Waals surface area contributed by atoms with E-state index in [1.165, 1.54) is 24.3 Å². The summed E-state index contributed by atoms with van der Waals surface area (Å²) in [6, 6.07) is 4.94. The molecule has 0 aliphatic carbocycles. The minimum atomic E-state index is -8.13. The van der Waals surface area contributed by atoms with Gasteiger partial charge in [0.25, 0.3) is 5.91 Å². The van der Waals surface area contributed by atoms with E-state index in [1.807, 2.05) is 0 Å². The summed E-state index contributed by atoms with van der Waals surface area (Å²) in [5, 5.41) is 17.3. The molecule has 0 bridgehead atoms. The number of halogens is 13. The van der Waals surface area contributed by atoms with Crippen molar-refractivity contribution in [2.75, 3.05) is 19.8 Å². The monoisotopic (exact) mass is 1270 g/mol. The molecule has 1 aromatic carbocycles. The largest absolute Gasteiger partial charge is 0.623 e. The second-order valence-corrected chi connectivity index (χ2v) is 19.2. The predicted molar refractivity (Wildman–Crippen MR) is 254 cm³/mol. The molecule has 1 heterocycles. The van der Waals surface area contributed by atoms with Crippen LogP contribution in [-0.4, -0.2) is 187 Å². The minimum absolute atomic E-state index is 0.0179. The number of benzene rings is 1. The lowest BCUT2D eigenvalue weighted by Gasteiger charge is -2.46. The van der Waals surface area contributed by atoms with E-state index in [0.717, 1.165) is 75.5 Å². The molecule has 0 aromatic heterocycles. The average Bonchev–Trinajstić information content (AvgIpc) is 0.764. The number of esters is 8. The van der Waals surface area contributed by atoms with E-state index in [2.05, 4.69) is 5.32 Å². The summed E-state index contributed by atoms with van der Waals surface area (Å²) in [5.41, 5.74) is -1.66. The van der Waals surface area contributed by atoms with Crippen LogP contribution in [0.1, 0.15) is 93.2 Å². The second-order valence-electron chi connectivity index (χ2n) is 19.2. The normalized spacial score (nSPS) is 19.4. The number of rotatable bonds is 29. The first-order chi connectivity index (χ1) is 39.1. The van der Waals surface area contributed by atoms with Crippen LogP contribution < -0.4 is 10.6 Å². The van der Waals surface area contributed by atoms with Gasteiger partial charge in [0, 0.05) is 94.2 Å². The van der Waals surface area contributed by atoms with Gasteiger partial charge in [0.05, 0.1) is 6.54 Å². The van der Waals surface area contributed by atoms with Gasteiger partial charge < -0.3 is 63.2 Å². The summed E-state index contributed by atoms with van der Waals surface area (Å²) in [5.74, 6) is -50.3. The number of amides is 2. The highest BCUT2D eigenvalue weighted by atomic mass is 19.4. The number of ether oxygens (including phenoxy) is 10. The number of hydrogen-bond donors (Lipinski definition) is 2. The molecule has 1 aromatic rings. The summed E-state index contributed by atoms with van der Waals surface area (Å²) in [7, 11) is 0. The zero-order valence-electron chi connectivity index (χ0n) is 46.8. The van der Waals surface area contributed by atoms with E-state index in [0.29, 0.717) is 0 Å². The van der Waals surface area contributed by atoms with Gasteiger partial charge >= 0.3 is 83.5 Å². The topological polar surface area (TPSA) is 313 Å². The highest BCUT2D eigenvalue weighted by molar-refractivity contribution is 5.85. The van der Waals surface area contributed by atoms with Gasteiger partial charge in [-0.15, -0.1) is 0 Å². The molecule has 0 spiro atoms. The third kappa shape index (κ3) is 19.7. The first-order valence-electron chi connectivity index (χ1n) is 24.6. The highest BCUT2D eigenvalue weighted by Crippen LogP contribution is 2.61. The molecule has 1 fully saturated rings. The molecule has 24 nitrogen and oxygen atoms in total. The lowest BCUT2D eigenvalue weighted by molar-refractivity contribution is -0.533. The Labute approximate surface area is 478 Å². The van der Waals surface area contributed by atoms with Crippen molar-refractivity contribution >= 4 is 65.8 Å². The van der Waals surface area contributed by atoms with Crippen molar-refractivity contribution in [2.24, 2.45) is 0 Å². The van der Waals surface area contributed by atoms with E-state index in [1.54, 1.807) is 5.32 Å². The zero-order valence-corrected chi connectivity index (χ0v) is 46.8. The molecule has 2 rings (SSSR count). The SMILES string of the molecule is CC(=O)OC[C@H]1O[C@@H](O[C@@H]([C@H](OC(C)=O)[C@@H](OC(C)=O)C(=O)NCc2ccc(/C=[N+](\[O-])C(C)(C)CNC(=O)CCC(F)(F)C(F)(F)C(F)(F)C(F)(F)C(F)(F)C(F)(F)F)cc2)[C@@H](COC(C)=O)OC(C)=O)[C@H](OC(C)=O)[C@@H](OC(C)=O)[C@H]1OC(C)=O. The van der Waals surface area contributed by atoms with Crippen LogP contribution in [0, 0.1) is 5.21 Å². The van der Waals surface area contributed by atoms with Crippen molar-refractivity contribution in [1.29, 1.82) is 0 Å². The Morgan fingerprint density at radius 1 is 0.593 bits per heavy atom. The second kappa shape index (κ2) is 29.7. The van der Waals surface area contributed by atoms with Crippen LogP contribution in [0.4, 0.5) is 57.1 Å². The van der Waals surface area contributed by atoms with E-state index in [4.69, 9.17) is 47.4 Å². The van der Waals surface area contributed by atoms with Gasteiger partial charge in [0.2, 0.25) is 12.0 Å². The summed E-state index contributed by atoms with van der Waals surface area (Å²) in [4.78, 5) is 127. The number of hydrogen-bond acceptors (Lipinski definition) is 21. The van der Waals surface area contributed by atoms with E-state index in [-0.39, 0.29) is 15.9 Å². The third-order valence-corrected chi connectivity index (χ3v) is 11.5. The van der Waals surface area contributed by atoms with Crippen molar-refractivity contribution < 1.29 is 157 Å². The first-order valence-corrected chi connectivity index (χ1v) is 24.6. The standard InChI is InChI=1S/C49H58F13N3O21/c1-22(66)77-19-32(79-24(3)68)36(86-42-40(84-29(8)73)38(82-27(6)71)35(80-25(4)69)33(85-42)20-78-23(2)67)37(81-26(5)70)39(83-28(7)72)41(75)63-17-30-11-13-31(14-12-30)18-65(76)43(9,10)21-64-34(74)15-16-44(50,51)45(52,53)46(54,55)47(56,57)48(58,59)49(60,61)62/h11-14,18,32-33,35-40,42H,15-17,19-21H2,1-10H3,(H,63,75)(H,64,74)/b65-18-/t32-,33-,35+,36-,37+,38+,39-,40-,42+/m1/s1. The summed E-state index contributed by atoms with van der Waals surface area (Å²) in [6.07, 6.45) is -30.3. The van der Waals surface area contributed by atoms with E-state index in [9.17, 15) is 110 Å². The zero-order chi connectivity index (χ0) is 66.5. The van der Waals surface area contributed by atoms with Crippen molar-refractivity contribution in [2.45, 2.75) is 185 Å².